The molecule has 0 N–H and O–H groups in total. The summed E-state index contributed by atoms with van der Waals surface area (Å²) in [6.45, 7) is 6.67. The molecule has 176 valence electrons. The molecule has 0 aliphatic rings. The van der Waals surface area contributed by atoms with Crippen LogP contribution < -0.4 is 9.30 Å². The maximum atomic E-state index is 6.30. The molecule has 4 nitrogen and oxygen atoms in total. The van der Waals surface area contributed by atoms with Crippen LogP contribution in [0.25, 0.3) is 33.3 Å². The predicted molar refractivity (Wildman–Crippen MR) is 144 cm³/mol. The summed E-state index contributed by atoms with van der Waals surface area (Å²) < 4.78 is 10.5. The zero-order valence-corrected chi connectivity index (χ0v) is 20.6. The van der Waals surface area contributed by atoms with E-state index >= 15 is 0 Å². The van der Waals surface area contributed by atoms with Gasteiger partial charge in [-0.2, -0.15) is 0 Å². The quantitative estimate of drug-likeness (QED) is 0.200. The molecule has 0 unspecified atom stereocenters. The van der Waals surface area contributed by atoms with E-state index in [-0.39, 0.29) is 5.41 Å². The first kappa shape index (κ1) is 22.1. The Bertz CT molecular complexity index is 1690. The molecule has 3 aromatic heterocycles. The van der Waals surface area contributed by atoms with Crippen molar-refractivity contribution in [3.05, 3.63) is 121 Å². The van der Waals surface area contributed by atoms with Crippen molar-refractivity contribution in [1.82, 2.24) is 9.55 Å². The number of aromatic nitrogens is 3. The highest BCUT2D eigenvalue weighted by Crippen LogP contribution is 2.35. The molecule has 6 aromatic rings. The number of pyridine rings is 2. The number of rotatable bonds is 4. The third-order valence-corrected chi connectivity index (χ3v) is 6.46. The van der Waals surface area contributed by atoms with Gasteiger partial charge in [0.25, 0.3) is 0 Å². The van der Waals surface area contributed by atoms with Crippen LogP contribution in [0.2, 0.25) is 0 Å². The van der Waals surface area contributed by atoms with Crippen molar-refractivity contribution in [2.24, 2.45) is 0 Å². The van der Waals surface area contributed by atoms with Crippen LogP contribution in [-0.2, 0) is 5.41 Å². The number of benzene rings is 3. The van der Waals surface area contributed by atoms with Crippen LogP contribution >= 0.6 is 0 Å². The van der Waals surface area contributed by atoms with Crippen LogP contribution in [0.15, 0.2) is 109 Å². The molecule has 3 heterocycles. The molecule has 0 amide bonds. The highest BCUT2D eigenvalue weighted by molar-refractivity contribution is 6.09. The second kappa shape index (κ2) is 8.65. The Hall–Kier alpha value is -4.44. The van der Waals surface area contributed by atoms with E-state index < -0.39 is 0 Å². The molecular weight excluding hydrogens is 442 g/mol. The molecule has 4 heteroatoms. The van der Waals surface area contributed by atoms with Gasteiger partial charge in [0, 0.05) is 23.0 Å². The fraction of sp³-hybridized carbons (Fsp3) is 0.125. The van der Waals surface area contributed by atoms with Gasteiger partial charge < -0.3 is 4.74 Å². The van der Waals surface area contributed by atoms with Gasteiger partial charge in [0.15, 0.2) is 6.20 Å². The van der Waals surface area contributed by atoms with Gasteiger partial charge in [-0.25, -0.2) is 4.98 Å². The van der Waals surface area contributed by atoms with Crippen LogP contribution in [0.1, 0.15) is 26.3 Å². The molecule has 36 heavy (non-hydrogen) atoms. The Kier molecular flexibility index (Phi) is 5.30. The second-order valence-corrected chi connectivity index (χ2v) is 9.98. The van der Waals surface area contributed by atoms with Crippen molar-refractivity contribution in [3.8, 4) is 23.0 Å². The molecule has 0 spiro atoms. The SMILES string of the molecule is CC(C)(C)c1ccnc(-n2c3ccccc3c3ccc(Oc4[c-][n+](-c5ccccc5)ccc4)cc32)c1. The number of para-hydroxylation sites is 2. The van der Waals surface area contributed by atoms with Crippen molar-refractivity contribution in [3.63, 3.8) is 0 Å². The average molecular weight is 470 g/mol. The fourth-order valence-corrected chi connectivity index (χ4v) is 4.60. The summed E-state index contributed by atoms with van der Waals surface area (Å²) >= 11 is 0. The van der Waals surface area contributed by atoms with Gasteiger partial charge in [0.2, 0.25) is 0 Å². The molecule has 0 saturated carbocycles. The number of ether oxygens (including phenoxy) is 1. The van der Waals surface area contributed by atoms with Gasteiger partial charge in [-0.1, -0.05) is 69.3 Å². The fourth-order valence-electron chi connectivity index (χ4n) is 4.60. The third kappa shape index (κ3) is 4.01. The van der Waals surface area contributed by atoms with Crippen LogP contribution in [0.5, 0.6) is 11.5 Å². The number of nitrogens with zero attached hydrogens (tertiary/aromatic N) is 3. The third-order valence-electron chi connectivity index (χ3n) is 6.46. The molecule has 0 aliphatic carbocycles. The van der Waals surface area contributed by atoms with E-state index in [1.54, 1.807) is 0 Å². The van der Waals surface area contributed by atoms with Crippen LogP contribution in [0.4, 0.5) is 0 Å². The van der Waals surface area contributed by atoms with Crippen LogP contribution in [0, 0.1) is 6.20 Å². The van der Waals surface area contributed by atoms with E-state index in [4.69, 9.17) is 9.72 Å². The number of hydrogen-bond acceptors (Lipinski definition) is 2. The highest BCUT2D eigenvalue weighted by Gasteiger charge is 2.18. The first-order chi connectivity index (χ1) is 17.5. The summed E-state index contributed by atoms with van der Waals surface area (Å²) in [7, 11) is 0. The largest absolute Gasteiger partial charge is 0.471 e. The van der Waals surface area contributed by atoms with Crippen molar-refractivity contribution < 1.29 is 9.30 Å². The molecule has 0 saturated heterocycles. The second-order valence-electron chi connectivity index (χ2n) is 9.98. The molecule has 3 aromatic carbocycles. The lowest BCUT2D eigenvalue weighted by Gasteiger charge is -2.20. The Labute approximate surface area is 211 Å². The Morgan fingerprint density at radius 3 is 2.39 bits per heavy atom. The Balaban J connectivity index is 1.47. The van der Waals surface area contributed by atoms with E-state index in [0.29, 0.717) is 5.75 Å². The lowest BCUT2D eigenvalue weighted by molar-refractivity contribution is -0.600. The van der Waals surface area contributed by atoms with Gasteiger partial charge in [-0.3, -0.25) is 9.13 Å². The lowest BCUT2D eigenvalue weighted by Crippen LogP contribution is -2.29. The molecule has 0 fully saturated rings. The maximum Gasteiger partial charge on any atom is 0.198 e. The van der Waals surface area contributed by atoms with Crippen molar-refractivity contribution >= 4 is 21.8 Å². The predicted octanol–water partition coefficient (Wildman–Crippen LogP) is 7.35. The monoisotopic (exact) mass is 469 g/mol. The Morgan fingerprint density at radius 1 is 0.778 bits per heavy atom. The zero-order valence-electron chi connectivity index (χ0n) is 20.6. The summed E-state index contributed by atoms with van der Waals surface area (Å²) in [5, 5.41) is 2.35. The molecule has 0 radical (unpaired) electrons. The highest BCUT2D eigenvalue weighted by atomic mass is 16.5. The smallest absolute Gasteiger partial charge is 0.198 e. The Morgan fingerprint density at radius 2 is 1.56 bits per heavy atom. The standard InChI is InChI=1S/C32H27N3O/c1-32(2,3)23-17-18-33-31(20-23)35-29-14-8-7-13-27(29)28-16-15-25(21-30(28)35)36-26-12-9-19-34(22-26)24-10-5-4-6-11-24/h4-21H,1-3H3. The average Bonchev–Trinajstić information content (AvgIpc) is 3.22. The summed E-state index contributed by atoms with van der Waals surface area (Å²) in [4.78, 5) is 4.77. The summed E-state index contributed by atoms with van der Waals surface area (Å²) in [5.41, 5.74) is 4.48. The molecule has 0 bridgehead atoms. The van der Waals surface area contributed by atoms with E-state index in [1.165, 1.54) is 10.9 Å². The molecular formula is C32H27N3O. The van der Waals surface area contributed by atoms with Gasteiger partial charge in [0.05, 0.1) is 17.2 Å². The minimum Gasteiger partial charge on any atom is -0.471 e. The first-order valence-electron chi connectivity index (χ1n) is 12.1. The first-order valence-corrected chi connectivity index (χ1v) is 12.1. The lowest BCUT2D eigenvalue weighted by atomic mass is 9.88. The zero-order chi connectivity index (χ0) is 24.7. The van der Waals surface area contributed by atoms with Crippen molar-refractivity contribution in [2.75, 3.05) is 0 Å². The number of hydrogen-bond donors (Lipinski definition) is 0. The minimum atomic E-state index is 0.0298. The normalized spacial score (nSPS) is 11.8. The molecule has 0 atom stereocenters. The van der Waals surface area contributed by atoms with Gasteiger partial charge in [-0.05, 0) is 53.4 Å². The van der Waals surface area contributed by atoms with Crippen LogP contribution in [0.3, 0.4) is 0 Å². The van der Waals surface area contributed by atoms with Crippen molar-refractivity contribution in [2.45, 2.75) is 26.2 Å². The summed E-state index contributed by atoms with van der Waals surface area (Å²) in [6, 6.07) is 33.0. The van der Waals surface area contributed by atoms with Crippen molar-refractivity contribution in [1.29, 1.82) is 0 Å². The van der Waals surface area contributed by atoms with E-state index in [1.807, 2.05) is 65.5 Å². The molecule has 6 rings (SSSR count). The van der Waals surface area contributed by atoms with E-state index in [0.717, 1.165) is 33.7 Å². The van der Waals surface area contributed by atoms with Crippen LogP contribution in [-0.4, -0.2) is 9.55 Å². The number of fused-ring (bicyclic) bond motifs is 3. The van der Waals surface area contributed by atoms with Gasteiger partial charge in [-0.15, -0.1) is 0 Å². The topological polar surface area (TPSA) is 30.9 Å². The summed E-state index contributed by atoms with van der Waals surface area (Å²) in [6.07, 6.45) is 7.20. The maximum absolute atomic E-state index is 6.30. The minimum absolute atomic E-state index is 0.0298. The van der Waals surface area contributed by atoms with Gasteiger partial charge in [0.1, 0.15) is 23.0 Å². The van der Waals surface area contributed by atoms with E-state index in [9.17, 15) is 0 Å². The van der Waals surface area contributed by atoms with Gasteiger partial charge >= 0.3 is 0 Å². The van der Waals surface area contributed by atoms with E-state index in [2.05, 4.69) is 80.1 Å². The molecule has 0 aliphatic heterocycles. The summed E-state index contributed by atoms with van der Waals surface area (Å²) in [5.74, 6) is 2.30.